The number of pyridine rings is 1. The van der Waals surface area contributed by atoms with Gasteiger partial charge in [-0.3, -0.25) is 9.78 Å². The first-order chi connectivity index (χ1) is 14.1. The van der Waals surface area contributed by atoms with Gasteiger partial charge in [0.1, 0.15) is 5.69 Å². The Balaban J connectivity index is 1.73. The van der Waals surface area contributed by atoms with Crippen LogP contribution in [-0.4, -0.2) is 34.5 Å². The van der Waals surface area contributed by atoms with Crippen LogP contribution in [0, 0.1) is 0 Å². The Labute approximate surface area is 172 Å². The molecule has 1 N–H and O–H groups in total. The summed E-state index contributed by atoms with van der Waals surface area (Å²) in [6, 6.07) is 11.8. The van der Waals surface area contributed by atoms with E-state index in [1.54, 1.807) is 24.7 Å². The average Bonchev–Trinajstić information content (AvgIpc) is 2.78. The highest BCUT2D eigenvalue weighted by atomic mass is 16.1. The number of carbonyl (C=O) groups is 1. The number of aromatic nitrogens is 3. The first kappa shape index (κ1) is 20.5. The molecule has 0 fully saturated rings. The smallest absolute Gasteiger partial charge is 0.274 e. The second kappa shape index (κ2) is 9.78. The number of amides is 1. The molecule has 150 valence electrons. The van der Waals surface area contributed by atoms with Crippen LogP contribution in [-0.2, 0) is 19.3 Å². The van der Waals surface area contributed by atoms with Crippen molar-refractivity contribution in [1.29, 1.82) is 0 Å². The molecule has 0 aliphatic rings. The molecule has 0 bridgehead atoms. The molecule has 0 saturated carbocycles. The topological polar surface area (TPSA) is 71.0 Å². The molecule has 1 aromatic carbocycles. The largest absolute Gasteiger partial charge is 0.344 e. The second-order valence-electron chi connectivity index (χ2n) is 6.88. The van der Waals surface area contributed by atoms with Gasteiger partial charge in [0.05, 0.1) is 0 Å². The van der Waals surface area contributed by atoms with Crippen molar-refractivity contribution in [2.24, 2.45) is 0 Å². The summed E-state index contributed by atoms with van der Waals surface area (Å²) < 4.78 is 0. The van der Waals surface area contributed by atoms with E-state index in [9.17, 15) is 4.79 Å². The van der Waals surface area contributed by atoms with Gasteiger partial charge in [0.25, 0.3) is 5.91 Å². The fourth-order valence-corrected chi connectivity index (χ4v) is 3.19. The molecule has 6 heteroatoms. The monoisotopic (exact) mass is 389 g/mol. The number of benzene rings is 1. The van der Waals surface area contributed by atoms with E-state index in [2.05, 4.69) is 34.1 Å². The highest BCUT2D eigenvalue weighted by Gasteiger charge is 2.15. The number of carbonyl (C=O) groups excluding carboxylic acids is 1. The van der Waals surface area contributed by atoms with Crippen molar-refractivity contribution in [3.8, 4) is 0 Å². The van der Waals surface area contributed by atoms with Crippen LogP contribution in [0.1, 0.15) is 41.0 Å². The lowest BCUT2D eigenvalue weighted by atomic mass is 10.0. The van der Waals surface area contributed by atoms with Crippen LogP contribution in [0.25, 0.3) is 0 Å². The Morgan fingerprint density at radius 1 is 1.00 bits per heavy atom. The van der Waals surface area contributed by atoms with Crippen molar-refractivity contribution >= 4 is 17.5 Å². The number of para-hydroxylation sites is 1. The SMILES string of the molecule is CCc1cccc(CC)c1NC(=O)c1ccnc(N(C)CCc2ccncc2)n1. The molecule has 0 spiro atoms. The van der Waals surface area contributed by atoms with Gasteiger partial charge in [-0.05, 0) is 54.2 Å². The molecule has 6 nitrogen and oxygen atoms in total. The average molecular weight is 390 g/mol. The molecule has 0 radical (unpaired) electrons. The van der Waals surface area contributed by atoms with Crippen molar-refractivity contribution in [3.63, 3.8) is 0 Å². The molecule has 2 heterocycles. The Morgan fingerprint density at radius 3 is 2.34 bits per heavy atom. The van der Waals surface area contributed by atoms with Gasteiger partial charge < -0.3 is 10.2 Å². The summed E-state index contributed by atoms with van der Waals surface area (Å²) >= 11 is 0. The Morgan fingerprint density at radius 2 is 1.69 bits per heavy atom. The summed E-state index contributed by atoms with van der Waals surface area (Å²) in [6.07, 6.45) is 7.77. The van der Waals surface area contributed by atoms with E-state index in [0.717, 1.165) is 42.6 Å². The standard InChI is InChI=1S/C23H27N5O/c1-4-18-7-6-8-19(5-2)21(18)27-22(29)20-11-15-25-23(26-20)28(3)16-12-17-9-13-24-14-10-17/h6-11,13-15H,4-5,12,16H2,1-3H3,(H,27,29). The van der Waals surface area contributed by atoms with E-state index in [4.69, 9.17) is 0 Å². The number of anilines is 2. The molecule has 0 aliphatic carbocycles. The molecule has 0 aliphatic heterocycles. The van der Waals surface area contributed by atoms with Gasteiger partial charge in [0.2, 0.25) is 5.95 Å². The van der Waals surface area contributed by atoms with Crippen LogP contribution in [0.3, 0.4) is 0 Å². The summed E-state index contributed by atoms with van der Waals surface area (Å²) in [5.41, 5.74) is 4.71. The van der Waals surface area contributed by atoms with Gasteiger partial charge in [-0.1, -0.05) is 32.0 Å². The highest BCUT2D eigenvalue weighted by molar-refractivity contribution is 6.03. The van der Waals surface area contributed by atoms with E-state index in [1.165, 1.54) is 5.56 Å². The number of nitrogens with one attached hydrogen (secondary N) is 1. The lowest BCUT2D eigenvalue weighted by Gasteiger charge is -2.18. The van der Waals surface area contributed by atoms with Gasteiger partial charge in [-0.25, -0.2) is 9.97 Å². The zero-order valence-corrected chi connectivity index (χ0v) is 17.2. The molecule has 1 amide bonds. The Hall–Kier alpha value is -3.28. The number of hydrogen-bond acceptors (Lipinski definition) is 5. The van der Waals surface area contributed by atoms with Gasteiger partial charge in [-0.15, -0.1) is 0 Å². The zero-order chi connectivity index (χ0) is 20.6. The van der Waals surface area contributed by atoms with Crippen LogP contribution < -0.4 is 10.2 Å². The van der Waals surface area contributed by atoms with E-state index >= 15 is 0 Å². The maximum absolute atomic E-state index is 12.9. The Bertz CT molecular complexity index is 936. The van der Waals surface area contributed by atoms with Gasteiger partial charge in [0.15, 0.2) is 0 Å². The normalized spacial score (nSPS) is 10.6. The number of aryl methyl sites for hydroxylation is 2. The van der Waals surface area contributed by atoms with Crippen LogP contribution in [0.5, 0.6) is 0 Å². The Kier molecular flexibility index (Phi) is 6.89. The first-order valence-corrected chi connectivity index (χ1v) is 9.97. The third-order valence-electron chi connectivity index (χ3n) is 4.94. The van der Waals surface area contributed by atoms with Crippen LogP contribution >= 0.6 is 0 Å². The first-order valence-electron chi connectivity index (χ1n) is 9.97. The molecule has 2 aromatic heterocycles. The van der Waals surface area contributed by atoms with Crippen LogP contribution in [0.4, 0.5) is 11.6 Å². The minimum atomic E-state index is -0.216. The molecule has 0 saturated heterocycles. The third kappa shape index (κ3) is 5.16. The van der Waals surface area contributed by atoms with Crippen molar-refractivity contribution in [1.82, 2.24) is 15.0 Å². The number of nitrogens with zero attached hydrogens (tertiary/aromatic N) is 4. The van der Waals surface area contributed by atoms with E-state index < -0.39 is 0 Å². The fraction of sp³-hybridized carbons (Fsp3) is 0.304. The molecular weight excluding hydrogens is 362 g/mol. The molecule has 0 unspecified atom stereocenters. The maximum Gasteiger partial charge on any atom is 0.274 e. The molecule has 29 heavy (non-hydrogen) atoms. The second-order valence-corrected chi connectivity index (χ2v) is 6.88. The van der Waals surface area contributed by atoms with Gasteiger partial charge in [-0.2, -0.15) is 0 Å². The summed E-state index contributed by atoms with van der Waals surface area (Å²) in [6.45, 7) is 4.92. The predicted molar refractivity (Wildman–Crippen MR) is 116 cm³/mol. The summed E-state index contributed by atoms with van der Waals surface area (Å²) in [5.74, 6) is 0.318. The summed E-state index contributed by atoms with van der Waals surface area (Å²) in [7, 11) is 1.93. The van der Waals surface area contributed by atoms with Gasteiger partial charge in [0, 0.05) is 37.9 Å². The quantitative estimate of drug-likeness (QED) is 0.632. The van der Waals surface area contributed by atoms with Crippen molar-refractivity contribution < 1.29 is 4.79 Å². The molecular formula is C23H27N5O. The van der Waals surface area contributed by atoms with Crippen LogP contribution in [0.2, 0.25) is 0 Å². The van der Waals surface area contributed by atoms with E-state index in [-0.39, 0.29) is 5.91 Å². The van der Waals surface area contributed by atoms with Crippen molar-refractivity contribution in [3.05, 3.63) is 77.4 Å². The van der Waals surface area contributed by atoms with Crippen molar-refractivity contribution in [2.45, 2.75) is 33.1 Å². The molecule has 3 rings (SSSR count). The molecule has 0 atom stereocenters. The summed E-state index contributed by atoms with van der Waals surface area (Å²) in [5, 5.41) is 3.07. The van der Waals surface area contributed by atoms with Crippen LogP contribution in [0.15, 0.2) is 55.0 Å². The minimum absolute atomic E-state index is 0.216. The molecule has 3 aromatic rings. The number of hydrogen-bond donors (Lipinski definition) is 1. The summed E-state index contributed by atoms with van der Waals surface area (Å²) in [4.78, 5) is 27.7. The number of rotatable bonds is 8. The minimum Gasteiger partial charge on any atom is -0.344 e. The van der Waals surface area contributed by atoms with E-state index in [1.807, 2.05) is 42.3 Å². The number of likely N-dealkylation sites (N-methyl/N-ethyl adjacent to an activating group) is 1. The van der Waals surface area contributed by atoms with E-state index in [0.29, 0.717) is 11.6 Å². The zero-order valence-electron chi connectivity index (χ0n) is 17.2. The third-order valence-corrected chi connectivity index (χ3v) is 4.94. The van der Waals surface area contributed by atoms with Gasteiger partial charge >= 0.3 is 0 Å². The fourth-order valence-electron chi connectivity index (χ4n) is 3.19. The lowest BCUT2D eigenvalue weighted by molar-refractivity contribution is 0.102. The maximum atomic E-state index is 12.9. The van der Waals surface area contributed by atoms with Crippen molar-refractivity contribution in [2.75, 3.05) is 23.8 Å². The highest BCUT2D eigenvalue weighted by Crippen LogP contribution is 2.23. The predicted octanol–water partition coefficient (Wildman–Crippen LogP) is 3.93. The lowest BCUT2D eigenvalue weighted by Crippen LogP contribution is -2.24.